The van der Waals surface area contributed by atoms with Crippen molar-refractivity contribution >= 4 is 27.5 Å². The molecule has 3 rings (SSSR count). The molecule has 0 aliphatic rings. The molecule has 3 heterocycles. The number of aromatic amines is 1. The van der Waals surface area contributed by atoms with E-state index in [4.69, 9.17) is 0 Å². The van der Waals surface area contributed by atoms with Crippen molar-refractivity contribution in [2.24, 2.45) is 0 Å². The van der Waals surface area contributed by atoms with E-state index in [2.05, 4.69) is 15.0 Å². The lowest BCUT2D eigenvalue weighted by Crippen LogP contribution is -2.13. The number of hydrogen-bond donors (Lipinski definition) is 1. The van der Waals surface area contributed by atoms with Crippen molar-refractivity contribution in [2.75, 3.05) is 19.0 Å². The van der Waals surface area contributed by atoms with Gasteiger partial charge in [-0.05, 0) is 12.1 Å². The highest BCUT2D eigenvalue weighted by Crippen LogP contribution is 2.27. The van der Waals surface area contributed by atoms with E-state index in [1.54, 1.807) is 24.7 Å². The molecule has 90 valence electrons. The molecular formula is C13H12N4O. The zero-order valence-electron chi connectivity index (χ0n) is 10.1. The highest BCUT2D eigenvalue weighted by molar-refractivity contribution is 6.09. The van der Waals surface area contributed by atoms with Crippen LogP contribution in [0.4, 0.5) is 5.82 Å². The van der Waals surface area contributed by atoms with E-state index in [-0.39, 0.29) is 5.56 Å². The summed E-state index contributed by atoms with van der Waals surface area (Å²) in [5, 5.41) is 2.35. The number of nitrogens with one attached hydrogen (secondary N) is 1. The smallest absolute Gasteiger partial charge is 0.258 e. The molecule has 0 unspecified atom stereocenters. The van der Waals surface area contributed by atoms with E-state index >= 15 is 0 Å². The van der Waals surface area contributed by atoms with Gasteiger partial charge in [-0.3, -0.25) is 9.78 Å². The van der Waals surface area contributed by atoms with Crippen molar-refractivity contribution < 1.29 is 0 Å². The fraction of sp³-hybridized carbons (Fsp3) is 0.154. The SMILES string of the molecule is CN(C)c1nc2cc[nH]c(=O)c2c2cnccc12. The molecule has 5 heteroatoms. The lowest BCUT2D eigenvalue weighted by Gasteiger charge is -2.15. The topological polar surface area (TPSA) is 61.9 Å². The second-order valence-corrected chi connectivity index (χ2v) is 4.32. The molecule has 0 aliphatic heterocycles. The van der Waals surface area contributed by atoms with Gasteiger partial charge in [0.05, 0.1) is 10.9 Å². The summed E-state index contributed by atoms with van der Waals surface area (Å²) in [6.07, 6.45) is 5.03. The standard InChI is InChI=1S/C13H12N4O/c1-17(2)12-8-3-5-14-7-9(8)11-10(16-12)4-6-15-13(11)18/h3-7H,1-2H3,(H,15,18). The van der Waals surface area contributed by atoms with Crippen molar-refractivity contribution in [1.82, 2.24) is 15.0 Å². The van der Waals surface area contributed by atoms with Crippen molar-refractivity contribution in [3.63, 3.8) is 0 Å². The summed E-state index contributed by atoms with van der Waals surface area (Å²) in [5.41, 5.74) is 0.547. The number of fused-ring (bicyclic) bond motifs is 3. The van der Waals surface area contributed by atoms with Gasteiger partial charge in [-0.2, -0.15) is 0 Å². The van der Waals surface area contributed by atoms with Crippen LogP contribution in [0.5, 0.6) is 0 Å². The summed E-state index contributed by atoms with van der Waals surface area (Å²) < 4.78 is 0. The molecule has 1 N–H and O–H groups in total. The fourth-order valence-corrected chi connectivity index (χ4v) is 2.13. The molecule has 0 bridgehead atoms. The summed E-state index contributed by atoms with van der Waals surface area (Å²) in [7, 11) is 3.86. The summed E-state index contributed by atoms with van der Waals surface area (Å²) in [6, 6.07) is 3.68. The number of pyridine rings is 3. The maximum absolute atomic E-state index is 11.9. The quantitative estimate of drug-likeness (QED) is 0.655. The Hall–Kier alpha value is -2.43. The van der Waals surface area contributed by atoms with E-state index in [0.717, 1.165) is 16.6 Å². The average molecular weight is 240 g/mol. The molecule has 3 aromatic heterocycles. The van der Waals surface area contributed by atoms with Crippen molar-refractivity contribution in [2.45, 2.75) is 0 Å². The van der Waals surface area contributed by atoms with Crippen molar-refractivity contribution in [3.05, 3.63) is 41.1 Å². The Morgan fingerprint density at radius 2 is 2.06 bits per heavy atom. The Morgan fingerprint density at radius 3 is 2.83 bits per heavy atom. The summed E-state index contributed by atoms with van der Waals surface area (Å²) in [5.74, 6) is 0.838. The molecule has 18 heavy (non-hydrogen) atoms. The van der Waals surface area contributed by atoms with Crippen LogP contribution in [0, 0.1) is 0 Å². The van der Waals surface area contributed by atoms with Crippen LogP contribution in [0.15, 0.2) is 35.5 Å². The Balaban J connectivity index is 2.63. The maximum atomic E-state index is 11.9. The van der Waals surface area contributed by atoms with Crippen LogP contribution >= 0.6 is 0 Å². The molecule has 0 saturated carbocycles. The van der Waals surface area contributed by atoms with E-state index in [1.807, 2.05) is 25.1 Å². The number of hydrogen-bond acceptors (Lipinski definition) is 4. The Bertz CT molecular complexity index is 792. The predicted octanol–water partition coefficient (Wildman–Crippen LogP) is 1.54. The van der Waals surface area contributed by atoms with Gasteiger partial charge in [-0.15, -0.1) is 0 Å². The first-order valence-electron chi connectivity index (χ1n) is 5.61. The minimum atomic E-state index is -0.136. The zero-order valence-corrected chi connectivity index (χ0v) is 10.1. The van der Waals surface area contributed by atoms with Crippen molar-refractivity contribution in [3.8, 4) is 0 Å². The summed E-state index contributed by atoms with van der Waals surface area (Å²) in [6.45, 7) is 0. The van der Waals surface area contributed by atoms with Gasteiger partial charge in [-0.25, -0.2) is 4.98 Å². The maximum Gasteiger partial charge on any atom is 0.258 e. The van der Waals surface area contributed by atoms with E-state index < -0.39 is 0 Å². The van der Waals surface area contributed by atoms with Gasteiger partial charge in [0.2, 0.25) is 0 Å². The number of H-pyrrole nitrogens is 1. The Kier molecular flexibility index (Phi) is 2.26. The summed E-state index contributed by atoms with van der Waals surface area (Å²) >= 11 is 0. The number of rotatable bonds is 1. The third-order valence-electron chi connectivity index (χ3n) is 2.92. The van der Waals surface area contributed by atoms with E-state index in [9.17, 15) is 4.79 Å². The first-order valence-corrected chi connectivity index (χ1v) is 5.61. The van der Waals surface area contributed by atoms with Gasteiger partial charge in [0, 0.05) is 43.5 Å². The largest absolute Gasteiger partial charge is 0.362 e. The van der Waals surface area contributed by atoms with Crippen LogP contribution < -0.4 is 10.5 Å². The minimum absolute atomic E-state index is 0.136. The number of aromatic nitrogens is 3. The number of nitrogens with zero attached hydrogens (tertiary/aromatic N) is 3. The van der Waals surface area contributed by atoms with Gasteiger partial charge < -0.3 is 9.88 Å². The molecular weight excluding hydrogens is 228 g/mol. The molecule has 0 amide bonds. The zero-order chi connectivity index (χ0) is 12.7. The third kappa shape index (κ3) is 1.44. The van der Waals surface area contributed by atoms with Crippen LogP contribution in [0.2, 0.25) is 0 Å². The minimum Gasteiger partial charge on any atom is -0.362 e. The van der Waals surface area contributed by atoms with Gasteiger partial charge >= 0.3 is 0 Å². The Morgan fingerprint density at radius 1 is 1.22 bits per heavy atom. The monoisotopic (exact) mass is 240 g/mol. The van der Waals surface area contributed by atoms with E-state index in [0.29, 0.717) is 10.9 Å². The summed E-state index contributed by atoms with van der Waals surface area (Å²) in [4.78, 5) is 25.2. The molecule has 0 aromatic carbocycles. The van der Waals surface area contributed by atoms with Crippen LogP contribution in [0.25, 0.3) is 21.7 Å². The van der Waals surface area contributed by atoms with Gasteiger partial charge in [0.15, 0.2) is 0 Å². The lowest BCUT2D eigenvalue weighted by atomic mass is 10.1. The van der Waals surface area contributed by atoms with Crippen LogP contribution in [-0.4, -0.2) is 29.0 Å². The molecule has 3 aromatic rings. The van der Waals surface area contributed by atoms with Crippen LogP contribution in [-0.2, 0) is 0 Å². The molecule has 0 atom stereocenters. The van der Waals surface area contributed by atoms with Gasteiger partial charge in [0.25, 0.3) is 5.56 Å². The number of anilines is 1. The molecule has 0 radical (unpaired) electrons. The second-order valence-electron chi connectivity index (χ2n) is 4.32. The highest BCUT2D eigenvalue weighted by Gasteiger charge is 2.11. The average Bonchev–Trinajstić information content (AvgIpc) is 2.37. The highest BCUT2D eigenvalue weighted by atomic mass is 16.1. The fourth-order valence-electron chi connectivity index (χ4n) is 2.13. The first kappa shape index (κ1) is 10.7. The van der Waals surface area contributed by atoms with Crippen molar-refractivity contribution in [1.29, 1.82) is 0 Å². The molecule has 0 fully saturated rings. The lowest BCUT2D eigenvalue weighted by molar-refractivity contribution is 1.09. The van der Waals surface area contributed by atoms with Gasteiger partial charge in [0.1, 0.15) is 5.82 Å². The predicted molar refractivity (Wildman–Crippen MR) is 72.0 cm³/mol. The molecule has 0 aliphatic carbocycles. The Labute approximate surface area is 103 Å². The molecule has 5 nitrogen and oxygen atoms in total. The van der Waals surface area contributed by atoms with Crippen LogP contribution in [0.1, 0.15) is 0 Å². The van der Waals surface area contributed by atoms with E-state index in [1.165, 1.54) is 0 Å². The second kappa shape index (κ2) is 3.80. The molecule has 0 spiro atoms. The van der Waals surface area contributed by atoms with Gasteiger partial charge in [-0.1, -0.05) is 0 Å². The molecule has 0 saturated heterocycles. The third-order valence-corrected chi connectivity index (χ3v) is 2.92. The van der Waals surface area contributed by atoms with Crippen LogP contribution in [0.3, 0.4) is 0 Å². The normalized spacial score (nSPS) is 11.0. The first-order chi connectivity index (χ1) is 8.68.